The lowest BCUT2D eigenvalue weighted by Crippen LogP contribution is -2.57. The molecule has 2 nitrogen and oxygen atoms in total. The van der Waals surface area contributed by atoms with Gasteiger partial charge in [0.25, 0.3) is 0 Å². The summed E-state index contributed by atoms with van der Waals surface area (Å²) < 4.78 is 1.16. The molecule has 1 aliphatic carbocycles. The van der Waals surface area contributed by atoms with Crippen LogP contribution in [-0.4, -0.2) is 18.6 Å². The highest BCUT2D eigenvalue weighted by Gasteiger charge is 2.40. The normalized spacial score (nSPS) is 21.6. The molecule has 0 saturated heterocycles. The van der Waals surface area contributed by atoms with Gasteiger partial charge in [0.05, 0.1) is 16.9 Å². The van der Waals surface area contributed by atoms with E-state index in [2.05, 4.69) is 51.3 Å². The van der Waals surface area contributed by atoms with Gasteiger partial charge in [-0.2, -0.15) is 0 Å². The summed E-state index contributed by atoms with van der Waals surface area (Å²) >= 11 is 3.56. The topological polar surface area (TPSA) is 15.3 Å². The number of nitrogens with one attached hydrogen (secondary N) is 1. The fourth-order valence-corrected chi connectivity index (χ4v) is 4.02. The SMILES string of the molecule is CCN1c2ccc(Br)cc2NCC12CCCCC2. The van der Waals surface area contributed by atoms with Crippen LogP contribution in [0.15, 0.2) is 22.7 Å². The van der Waals surface area contributed by atoms with E-state index in [1.165, 1.54) is 43.5 Å². The first kappa shape index (κ1) is 12.3. The Morgan fingerprint density at radius 3 is 2.78 bits per heavy atom. The maximum Gasteiger partial charge on any atom is 0.0608 e. The molecule has 3 heteroatoms. The van der Waals surface area contributed by atoms with Crippen LogP contribution in [-0.2, 0) is 0 Å². The highest BCUT2D eigenvalue weighted by atomic mass is 79.9. The zero-order chi connectivity index (χ0) is 12.6. The zero-order valence-electron chi connectivity index (χ0n) is 11.0. The number of hydrogen-bond acceptors (Lipinski definition) is 2. The van der Waals surface area contributed by atoms with Crippen molar-refractivity contribution in [2.24, 2.45) is 0 Å². The lowest BCUT2D eigenvalue weighted by atomic mass is 9.78. The average molecular weight is 309 g/mol. The van der Waals surface area contributed by atoms with Crippen LogP contribution in [0.1, 0.15) is 39.0 Å². The first-order chi connectivity index (χ1) is 8.75. The highest BCUT2D eigenvalue weighted by Crippen LogP contribution is 2.43. The molecule has 18 heavy (non-hydrogen) atoms. The monoisotopic (exact) mass is 308 g/mol. The van der Waals surface area contributed by atoms with Crippen molar-refractivity contribution in [1.82, 2.24) is 0 Å². The van der Waals surface area contributed by atoms with E-state index in [1.807, 2.05) is 0 Å². The fraction of sp³-hybridized carbons (Fsp3) is 0.600. The van der Waals surface area contributed by atoms with Gasteiger partial charge < -0.3 is 10.2 Å². The lowest BCUT2D eigenvalue weighted by molar-refractivity contribution is 0.285. The van der Waals surface area contributed by atoms with E-state index in [1.54, 1.807) is 0 Å². The number of anilines is 2. The molecule has 3 rings (SSSR count). The number of likely N-dealkylation sites (N-methyl/N-ethyl adjacent to an activating group) is 1. The van der Waals surface area contributed by atoms with Crippen LogP contribution in [0.3, 0.4) is 0 Å². The maximum absolute atomic E-state index is 3.66. The molecule has 1 aromatic carbocycles. The standard InChI is InChI=1S/C15H21BrN2/c1-2-18-14-7-6-12(16)10-13(14)17-11-15(18)8-4-3-5-9-15/h6-7,10,17H,2-5,8-9,11H2,1H3. The van der Waals surface area contributed by atoms with Crippen molar-refractivity contribution in [3.8, 4) is 0 Å². The predicted octanol–water partition coefficient (Wildman–Crippen LogP) is 4.40. The summed E-state index contributed by atoms with van der Waals surface area (Å²) in [4.78, 5) is 2.64. The number of hydrogen-bond donors (Lipinski definition) is 1. The third kappa shape index (κ3) is 1.93. The number of nitrogens with zero attached hydrogens (tertiary/aromatic N) is 1. The Hall–Kier alpha value is -0.700. The Morgan fingerprint density at radius 1 is 1.28 bits per heavy atom. The van der Waals surface area contributed by atoms with Crippen LogP contribution in [0.4, 0.5) is 11.4 Å². The van der Waals surface area contributed by atoms with Crippen molar-refractivity contribution in [3.05, 3.63) is 22.7 Å². The Kier molecular flexibility index (Phi) is 3.27. The first-order valence-electron chi connectivity index (χ1n) is 7.06. The Bertz CT molecular complexity index is 438. The van der Waals surface area contributed by atoms with Gasteiger partial charge in [0, 0.05) is 17.6 Å². The van der Waals surface area contributed by atoms with Gasteiger partial charge in [0.15, 0.2) is 0 Å². The summed E-state index contributed by atoms with van der Waals surface area (Å²) in [5, 5.41) is 3.66. The Balaban J connectivity index is 2.00. The van der Waals surface area contributed by atoms with Gasteiger partial charge in [0.2, 0.25) is 0 Å². The van der Waals surface area contributed by atoms with Gasteiger partial charge in [-0.3, -0.25) is 0 Å². The summed E-state index contributed by atoms with van der Waals surface area (Å²) in [5.41, 5.74) is 3.03. The second-order valence-corrected chi connectivity index (χ2v) is 6.46. The van der Waals surface area contributed by atoms with Crippen LogP contribution < -0.4 is 10.2 Å². The summed E-state index contributed by atoms with van der Waals surface area (Å²) in [6, 6.07) is 6.62. The predicted molar refractivity (Wildman–Crippen MR) is 81.5 cm³/mol. The van der Waals surface area contributed by atoms with Crippen molar-refractivity contribution < 1.29 is 0 Å². The van der Waals surface area contributed by atoms with Crippen LogP contribution in [0.25, 0.3) is 0 Å². The zero-order valence-corrected chi connectivity index (χ0v) is 12.6. The Labute approximate surface area is 118 Å². The number of benzene rings is 1. The largest absolute Gasteiger partial charge is 0.381 e. The third-order valence-corrected chi connectivity index (χ3v) is 5.02. The maximum atomic E-state index is 3.66. The van der Waals surface area contributed by atoms with Crippen molar-refractivity contribution in [1.29, 1.82) is 0 Å². The third-order valence-electron chi connectivity index (χ3n) is 4.53. The van der Waals surface area contributed by atoms with Crippen LogP contribution >= 0.6 is 15.9 Å². The molecule has 0 radical (unpaired) electrons. The molecule has 0 bridgehead atoms. The summed E-state index contributed by atoms with van der Waals surface area (Å²) in [7, 11) is 0. The Morgan fingerprint density at radius 2 is 2.06 bits per heavy atom. The minimum absolute atomic E-state index is 0.369. The van der Waals surface area contributed by atoms with Crippen molar-refractivity contribution in [2.75, 3.05) is 23.3 Å². The molecule has 1 spiro atoms. The van der Waals surface area contributed by atoms with Crippen LogP contribution in [0, 0.1) is 0 Å². The molecule has 1 heterocycles. The number of halogens is 1. The summed E-state index contributed by atoms with van der Waals surface area (Å²) in [6.45, 7) is 4.49. The van der Waals surface area contributed by atoms with Gasteiger partial charge in [0.1, 0.15) is 0 Å². The molecule has 1 N–H and O–H groups in total. The van der Waals surface area contributed by atoms with E-state index >= 15 is 0 Å². The number of rotatable bonds is 1. The molecule has 0 atom stereocenters. The van der Waals surface area contributed by atoms with Crippen molar-refractivity contribution in [3.63, 3.8) is 0 Å². The van der Waals surface area contributed by atoms with E-state index in [4.69, 9.17) is 0 Å². The minimum atomic E-state index is 0.369. The van der Waals surface area contributed by atoms with Crippen LogP contribution in [0.5, 0.6) is 0 Å². The van der Waals surface area contributed by atoms with E-state index < -0.39 is 0 Å². The first-order valence-corrected chi connectivity index (χ1v) is 7.85. The quantitative estimate of drug-likeness (QED) is 0.827. The molecule has 1 saturated carbocycles. The molecule has 0 amide bonds. The molecule has 98 valence electrons. The molecule has 0 unspecified atom stereocenters. The molecule has 1 fully saturated rings. The van der Waals surface area contributed by atoms with Gasteiger partial charge in [-0.25, -0.2) is 0 Å². The molecule has 0 aromatic heterocycles. The van der Waals surface area contributed by atoms with Gasteiger partial charge >= 0.3 is 0 Å². The summed E-state index contributed by atoms with van der Waals surface area (Å²) in [6.07, 6.45) is 6.84. The smallest absolute Gasteiger partial charge is 0.0608 e. The van der Waals surface area contributed by atoms with Crippen LogP contribution in [0.2, 0.25) is 0 Å². The van der Waals surface area contributed by atoms with Crippen molar-refractivity contribution >= 4 is 27.3 Å². The van der Waals surface area contributed by atoms with E-state index in [0.29, 0.717) is 5.54 Å². The van der Waals surface area contributed by atoms with Gasteiger partial charge in [-0.05, 0) is 38.0 Å². The number of fused-ring (bicyclic) bond motifs is 1. The van der Waals surface area contributed by atoms with Gasteiger partial charge in [-0.15, -0.1) is 0 Å². The van der Waals surface area contributed by atoms with E-state index in [-0.39, 0.29) is 0 Å². The lowest BCUT2D eigenvalue weighted by Gasteiger charge is -2.51. The molecule has 1 aromatic rings. The summed E-state index contributed by atoms with van der Waals surface area (Å²) in [5.74, 6) is 0. The second kappa shape index (κ2) is 4.76. The van der Waals surface area contributed by atoms with E-state index in [0.717, 1.165) is 17.6 Å². The minimum Gasteiger partial charge on any atom is -0.381 e. The fourth-order valence-electron chi connectivity index (χ4n) is 3.66. The van der Waals surface area contributed by atoms with Crippen molar-refractivity contribution in [2.45, 2.75) is 44.6 Å². The highest BCUT2D eigenvalue weighted by molar-refractivity contribution is 9.10. The second-order valence-electron chi connectivity index (χ2n) is 5.54. The molecule has 2 aliphatic rings. The molecular weight excluding hydrogens is 288 g/mol. The van der Waals surface area contributed by atoms with Gasteiger partial charge in [-0.1, -0.05) is 35.2 Å². The average Bonchev–Trinajstić information content (AvgIpc) is 2.40. The molecular formula is C15H21BrN2. The molecule has 1 aliphatic heterocycles. The van der Waals surface area contributed by atoms with E-state index in [9.17, 15) is 0 Å².